The minimum Gasteiger partial charge on any atom is -0.454 e. The molecule has 0 spiro atoms. The van der Waals surface area contributed by atoms with Gasteiger partial charge in [-0.2, -0.15) is 5.26 Å². The van der Waals surface area contributed by atoms with Crippen molar-refractivity contribution in [3.8, 4) is 6.07 Å². The monoisotopic (exact) mass is 496 g/mol. The van der Waals surface area contributed by atoms with E-state index in [0.29, 0.717) is 25.6 Å². The number of aromatic nitrogens is 1. The van der Waals surface area contributed by atoms with Gasteiger partial charge in [-0.3, -0.25) is 4.98 Å². The maximum absolute atomic E-state index is 10.6. The van der Waals surface area contributed by atoms with E-state index in [1.165, 1.54) is 11.1 Å². The molecular formula is C26H41ClN2O3S. The topological polar surface area (TPSA) is 72.2 Å². The highest BCUT2D eigenvalue weighted by molar-refractivity contribution is 8.29. The fraction of sp³-hybridized carbons (Fsp3) is 0.577. The number of allylic oxidation sites excluding steroid dienone is 3. The molecule has 33 heavy (non-hydrogen) atoms. The summed E-state index contributed by atoms with van der Waals surface area (Å²) in [6.07, 6.45) is 12.7. The van der Waals surface area contributed by atoms with E-state index in [-0.39, 0.29) is 4.75 Å². The number of hydrogen-bond acceptors (Lipinski definition) is 5. The molecule has 0 aliphatic heterocycles. The van der Waals surface area contributed by atoms with Crippen molar-refractivity contribution in [1.82, 2.24) is 4.98 Å². The lowest BCUT2D eigenvalue weighted by Crippen LogP contribution is -2.26. The fourth-order valence-corrected chi connectivity index (χ4v) is 3.63. The highest BCUT2D eigenvalue weighted by atomic mass is 35.5. The van der Waals surface area contributed by atoms with E-state index in [4.69, 9.17) is 25.8 Å². The molecule has 1 aromatic rings. The molecule has 1 unspecified atom stereocenters. The third-order valence-corrected chi connectivity index (χ3v) is 8.92. The molecule has 1 aromatic heterocycles. The summed E-state index contributed by atoms with van der Waals surface area (Å²) in [6, 6.07) is 7.57. The van der Waals surface area contributed by atoms with Gasteiger partial charge in [0.2, 0.25) is 0 Å². The lowest BCUT2D eigenvalue weighted by atomic mass is 9.89. The van der Waals surface area contributed by atoms with Crippen molar-refractivity contribution in [2.75, 3.05) is 25.7 Å². The maximum Gasteiger partial charge on any atom is 0.403 e. The smallest absolute Gasteiger partial charge is 0.403 e. The summed E-state index contributed by atoms with van der Waals surface area (Å²) in [6.45, 7) is 13.8. The van der Waals surface area contributed by atoms with E-state index in [0.717, 1.165) is 18.5 Å². The van der Waals surface area contributed by atoms with Crippen LogP contribution in [-0.4, -0.2) is 40.9 Å². The minimum absolute atomic E-state index is 0.168. The predicted molar refractivity (Wildman–Crippen MR) is 142 cm³/mol. The van der Waals surface area contributed by atoms with Gasteiger partial charge in [0.1, 0.15) is 0 Å². The summed E-state index contributed by atoms with van der Waals surface area (Å²) in [7, 11) is -1.11. The molecule has 0 aromatic carbocycles. The molecule has 0 saturated heterocycles. The third-order valence-electron chi connectivity index (χ3n) is 5.16. The van der Waals surface area contributed by atoms with Crippen LogP contribution in [0.1, 0.15) is 60.1 Å². The number of halogens is 1. The van der Waals surface area contributed by atoms with Crippen LogP contribution in [0.4, 0.5) is 4.79 Å². The zero-order valence-corrected chi connectivity index (χ0v) is 23.1. The average molecular weight is 497 g/mol. The van der Waals surface area contributed by atoms with Crippen LogP contribution in [0.3, 0.4) is 0 Å². The molecule has 0 radical (unpaired) electrons. The molecule has 1 heterocycles. The first kappa shape index (κ1) is 31.2. The third kappa shape index (κ3) is 13.5. The van der Waals surface area contributed by atoms with Crippen LogP contribution in [0.5, 0.6) is 0 Å². The van der Waals surface area contributed by atoms with Crippen molar-refractivity contribution < 1.29 is 13.7 Å². The second kappa shape index (κ2) is 15.9. The van der Waals surface area contributed by atoms with E-state index in [9.17, 15) is 4.79 Å². The quantitative estimate of drug-likeness (QED) is 0.363. The molecule has 0 fully saturated rings. The first-order valence-corrected chi connectivity index (χ1v) is 14.0. The van der Waals surface area contributed by atoms with Gasteiger partial charge >= 0.3 is 5.43 Å². The van der Waals surface area contributed by atoms with E-state index in [1.54, 1.807) is 6.20 Å². The van der Waals surface area contributed by atoms with Gasteiger partial charge in [0, 0.05) is 22.5 Å². The average Bonchev–Trinajstić information content (AvgIpc) is 2.74. The first-order valence-electron chi connectivity index (χ1n) is 11.3. The molecule has 186 valence electrons. The van der Waals surface area contributed by atoms with Gasteiger partial charge in [-0.05, 0) is 55.9 Å². The van der Waals surface area contributed by atoms with Crippen LogP contribution in [0, 0.1) is 17.2 Å². The zero-order valence-electron chi connectivity index (χ0n) is 21.5. The molecule has 0 N–H and O–H groups in total. The number of nitriles is 1. The number of carbonyl (C=O) groups is 1. The Hall–Kier alpha value is -1.81. The molecule has 0 bridgehead atoms. The SMILES string of the molecule is CC.CC1=CC(CCOC(=O)Cl)CC(COS(C)(C)C(C)(C)C)=C1.N#CCc1ccccn1. The minimum atomic E-state index is -1.11. The molecule has 1 aliphatic carbocycles. The molecule has 7 heteroatoms. The second-order valence-electron chi connectivity index (χ2n) is 8.82. The standard InChI is InChI=1S/C17H29ClO3S.C7H6N2.C2H6/c1-13-9-14(7-8-20-16(18)19)11-15(10-13)12-21-22(5,6)17(2,3)4;8-5-4-7-3-1-2-6-9-7;1-2/h9-10,14H,7-8,11-12H2,1-6H3;1-3,6H,4H2;1-2H3. The Morgan fingerprint density at radius 2 is 1.97 bits per heavy atom. The number of hydrogen-bond donors (Lipinski definition) is 0. The van der Waals surface area contributed by atoms with Crippen LogP contribution in [0.25, 0.3) is 0 Å². The van der Waals surface area contributed by atoms with Gasteiger partial charge in [-0.25, -0.2) is 4.79 Å². The Bertz CT molecular complexity index is 809. The highest BCUT2D eigenvalue weighted by Gasteiger charge is 2.29. The Morgan fingerprint density at radius 1 is 1.30 bits per heavy atom. The highest BCUT2D eigenvalue weighted by Crippen LogP contribution is 2.54. The fourth-order valence-electron chi connectivity index (χ4n) is 2.76. The van der Waals surface area contributed by atoms with Crippen molar-refractivity contribution in [3.05, 3.63) is 53.4 Å². The van der Waals surface area contributed by atoms with Crippen LogP contribution in [0.2, 0.25) is 0 Å². The molecule has 0 amide bonds. The van der Waals surface area contributed by atoms with Crippen LogP contribution in [-0.2, 0) is 15.3 Å². The number of pyridine rings is 1. The van der Waals surface area contributed by atoms with Crippen LogP contribution in [0.15, 0.2) is 47.7 Å². The summed E-state index contributed by atoms with van der Waals surface area (Å²) < 4.78 is 11.2. The van der Waals surface area contributed by atoms with Crippen molar-refractivity contribution in [2.24, 2.45) is 5.92 Å². The molecule has 1 atom stereocenters. The Labute approximate surface area is 207 Å². The Morgan fingerprint density at radius 3 is 2.48 bits per heavy atom. The van der Waals surface area contributed by atoms with Gasteiger partial charge in [-0.1, -0.05) is 58.4 Å². The summed E-state index contributed by atoms with van der Waals surface area (Å²) in [5, 5.41) is 8.23. The van der Waals surface area contributed by atoms with Crippen molar-refractivity contribution >= 4 is 27.3 Å². The summed E-state index contributed by atoms with van der Waals surface area (Å²) in [5.41, 5.74) is 2.66. The molecule has 1 aliphatic rings. The van der Waals surface area contributed by atoms with Gasteiger partial charge < -0.3 is 8.92 Å². The number of rotatable bonds is 7. The lowest BCUT2D eigenvalue weighted by Gasteiger charge is -2.44. The van der Waals surface area contributed by atoms with E-state index in [1.807, 2.05) is 38.1 Å². The van der Waals surface area contributed by atoms with Crippen molar-refractivity contribution in [3.63, 3.8) is 0 Å². The summed E-state index contributed by atoms with van der Waals surface area (Å²) in [5.74, 6) is 0.382. The summed E-state index contributed by atoms with van der Waals surface area (Å²) >= 11 is 5.19. The number of nitrogens with zero attached hydrogens (tertiary/aromatic N) is 2. The van der Waals surface area contributed by atoms with E-state index >= 15 is 0 Å². The number of ether oxygens (including phenoxy) is 1. The first-order chi connectivity index (χ1) is 15.4. The zero-order chi connectivity index (χ0) is 25.5. The number of carbonyl (C=O) groups excluding carboxylic acids is 1. The van der Waals surface area contributed by atoms with Crippen molar-refractivity contribution in [1.29, 1.82) is 5.26 Å². The lowest BCUT2D eigenvalue weighted by molar-refractivity contribution is 0.167. The predicted octanol–water partition coefficient (Wildman–Crippen LogP) is 7.61. The van der Waals surface area contributed by atoms with Crippen molar-refractivity contribution in [2.45, 2.75) is 65.6 Å². The second-order valence-corrected chi connectivity index (χ2v) is 13.1. The van der Waals surface area contributed by atoms with Gasteiger partial charge in [0.05, 0.1) is 31.4 Å². The summed E-state index contributed by atoms with van der Waals surface area (Å²) in [4.78, 5) is 14.6. The van der Waals surface area contributed by atoms with Gasteiger partial charge in [-0.15, -0.1) is 10.3 Å². The molecule has 5 nitrogen and oxygen atoms in total. The largest absolute Gasteiger partial charge is 0.454 e. The van der Waals surface area contributed by atoms with Crippen LogP contribution < -0.4 is 0 Å². The Kier molecular flexibility index (Phi) is 15.1. The van der Waals surface area contributed by atoms with Gasteiger partial charge in [0.25, 0.3) is 0 Å². The van der Waals surface area contributed by atoms with E-state index in [2.05, 4.69) is 57.3 Å². The molecule has 2 rings (SSSR count). The van der Waals surface area contributed by atoms with Crippen LogP contribution >= 0.6 is 21.9 Å². The van der Waals surface area contributed by atoms with E-state index < -0.39 is 15.7 Å². The normalized spacial score (nSPS) is 15.9. The molecular weight excluding hydrogens is 456 g/mol. The maximum atomic E-state index is 10.6. The molecule has 0 saturated carbocycles. The van der Waals surface area contributed by atoms with Gasteiger partial charge in [0.15, 0.2) is 0 Å². The Balaban J connectivity index is 0.000000770.